The van der Waals surface area contributed by atoms with Gasteiger partial charge in [-0.15, -0.1) is 0 Å². The van der Waals surface area contributed by atoms with Gasteiger partial charge in [-0.05, 0) is 55.4 Å². The van der Waals surface area contributed by atoms with E-state index in [0.29, 0.717) is 12.2 Å². The SMILES string of the molecule is FC(F)N1CCCc2cc(-c3cnn(C4CCCCO4)c3)ccc21. The Bertz CT molecular complexity index is 710. The van der Waals surface area contributed by atoms with E-state index in [0.717, 1.165) is 55.4 Å². The number of aromatic nitrogens is 2. The Kier molecular flexibility index (Phi) is 4.22. The van der Waals surface area contributed by atoms with Gasteiger partial charge in [0.15, 0.2) is 0 Å². The van der Waals surface area contributed by atoms with Crippen LogP contribution in [-0.4, -0.2) is 29.5 Å². The predicted molar refractivity (Wildman–Crippen MR) is 88.2 cm³/mol. The van der Waals surface area contributed by atoms with Crippen molar-refractivity contribution in [3.63, 3.8) is 0 Å². The average Bonchev–Trinajstić information content (AvgIpc) is 3.11. The molecular weight excluding hydrogens is 312 g/mol. The first kappa shape index (κ1) is 15.6. The molecule has 4 rings (SSSR count). The Morgan fingerprint density at radius 1 is 1.17 bits per heavy atom. The lowest BCUT2D eigenvalue weighted by atomic mass is 9.97. The first-order valence-corrected chi connectivity index (χ1v) is 8.56. The summed E-state index contributed by atoms with van der Waals surface area (Å²) in [6.07, 6.45) is 8.67. The lowest BCUT2D eigenvalue weighted by Gasteiger charge is -2.30. The molecule has 1 unspecified atom stereocenters. The van der Waals surface area contributed by atoms with Crippen molar-refractivity contribution in [3.8, 4) is 11.1 Å². The van der Waals surface area contributed by atoms with Crippen LogP contribution in [-0.2, 0) is 11.2 Å². The van der Waals surface area contributed by atoms with Crippen LogP contribution in [0.3, 0.4) is 0 Å². The monoisotopic (exact) mass is 333 g/mol. The van der Waals surface area contributed by atoms with Gasteiger partial charge < -0.3 is 9.64 Å². The van der Waals surface area contributed by atoms with Crippen molar-refractivity contribution in [2.45, 2.75) is 44.9 Å². The van der Waals surface area contributed by atoms with E-state index in [2.05, 4.69) is 5.10 Å². The van der Waals surface area contributed by atoms with Crippen LogP contribution in [0, 0.1) is 0 Å². The van der Waals surface area contributed by atoms with Gasteiger partial charge in [0.1, 0.15) is 6.23 Å². The summed E-state index contributed by atoms with van der Waals surface area (Å²) in [5, 5.41) is 4.43. The van der Waals surface area contributed by atoms with Gasteiger partial charge in [0, 0.05) is 30.6 Å². The Morgan fingerprint density at radius 3 is 2.88 bits per heavy atom. The van der Waals surface area contributed by atoms with Crippen LogP contribution in [0.1, 0.15) is 37.5 Å². The Labute approximate surface area is 140 Å². The van der Waals surface area contributed by atoms with Gasteiger partial charge in [-0.2, -0.15) is 13.9 Å². The molecule has 1 aromatic carbocycles. The quantitative estimate of drug-likeness (QED) is 0.788. The lowest BCUT2D eigenvalue weighted by molar-refractivity contribution is -0.0394. The number of anilines is 1. The topological polar surface area (TPSA) is 30.3 Å². The van der Waals surface area contributed by atoms with Crippen LogP contribution in [0.5, 0.6) is 0 Å². The summed E-state index contributed by atoms with van der Waals surface area (Å²) in [6.45, 7) is -1.25. The fourth-order valence-electron chi connectivity index (χ4n) is 3.59. The second kappa shape index (κ2) is 6.51. The van der Waals surface area contributed by atoms with Crippen molar-refractivity contribution >= 4 is 5.69 Å². The minimum atomic E-state index is -2.44. The van der Waals surface area contributed by atoms with Crippen molar-refractivity contribution < 1.29 is 13.5 Å². The highest BCUT2D eigenvalue weighted by Crippen LogP contribution is 2.33. The van der Waals surface area contributed by atoms with Crippen LogP contribution in [0.2, 0.25) is 0 Å². The molecule has 24 heavy (non-hydrogen) atoms. The summed E-state index contributed by atoms with van der Waals surface area (Å²) in [6, 6.07) is 5.74. The van der Waals surface area contributed by atoms with Gasteiger partial charge in [0.05, 0.1) is 6.20 Å². The highest BCUT2D eigenvalue weighted by atomic mass is 19.3. The molecule has 2 aliphatic rings. The second-order valence-corrected chi connectivity index (χ2v) is 6.45. The number of hydrogen-bond acceptors (Lipinski definition) is 3. The molecular formula is C18H21F2N3O. The van der Waals surface area contributed by atoms with E-state index in [9.17, 15) is 8.78 Å². The largest absolute Gasteiger partial charge is 0.357 e. The molecule has 0 bridgehead atoms. The molecule has 0 radical (unpaired) electrons. The molecule has 6 heteroatoms. The number of fused-ring (bicyclic) bond motifs is 1. The van der Waals surface area contributed by atoms with E-state index >= 15 is 0 Å². The van der Waals surface area contributed by atoms with Gasteiger partial charge in [0.25, 0.3) is 0 Å². The fraction of sp³-hybridized carbons (Fsp3) is 0.500. The summed E-state index contributed by atoms with van der Waals surface area (Å²) in [4.78, 5) is 1.18. The molecule has 2 aliphatic heterocycles. The molecule has 2 aromatic rings. The third-order valence-corrected chi connectivity index (χ3v) is 4.86. The fourth-order valence-corrected chi connectivity index (χ4v) is 3.59. The van der Waals surface area contributed by atoms with Crippen LogP contribution >= 0.6 is 0 Å². The Morgan fingerprint density at radius 2 is 2.08 bits per heavy atom. The molecule has 1 atom stereocenters. The van der Waals surface area contributed by atoms with E-state index in [1.807, 2.05) is 35.3 Å². The number of hydrogen-bond donors (Lipinski definition) is 0. The zero-order valence-corrected chi connectivity index (χ0v) is 13.5. The second-order valence-electron chi connectivity index (χ2n) is 6.45. The van der Waals surface area contributed by atoms with Crippen molar-refractivity contribution in [3.05, 3.63) is 36.2 Å². The van der Waals surface area contributed by atoms with Gasteiger partial charge >= 0.3 is 6.55 Å². The molecule has 0 aliphatic carbocycles. The zero-order chi connectivity index (χ0) is 16.5. The molecule has 0 saturated carbocycles. The van der Waals surface area contributed by atoms with Crippen LogP contribution in [0.15, 0.2) is 30.6 Å². The van der Waals surface area contributed by atoms with E-state index in [1.165, 1.54) is 4.90 Å². The molecule has 1 aromatic heterocycles. The first-order valence-electron chi connectivity index (χ1n) is 8.56. The van der Waals surface area contributed by atoms with E-state index in [-0.39, 0.29) is 6.23 Å². The summed E-state index contributed by atoms with van der Waals surface area (Å²) < 4.78 is 33.9. The molecule has 0 spiro atoms. The maximum Gasteiger partial charge on any atom is 0.315 e. The van der Waals surface area contributed by atoms with E-state index in [1.54, 1.807) is 0 Å². The Balaban J connectivity index is 1.60. The van der Waals surface area contributed by atoms with Crippen LogP contribution < -0.4 is 4.90 Å². The number of rotatable bonds is 3. The molecule has 0 amide bonds. The van der Waals surface area contributed by atoms with Crippen LogP contribution in [0.4, 0.5) is 14.5 Å². The number of ether oxygens (including phenoxy) is 1. The summed E-state index contributed by atoms with van der Waals surface area (Å²) in [7, 11) is 0. The smallest absolute Gasteiger partial charge is 0.315 e. The third-order valence-electron chi connectivity index (χ3n) is 4.86. The van der Waals surface area contributed by atoms with Crippen molar-refractivity contribution in [2.75, 3.05) is 18.1 Å². The highest BCUT2D eigenvalue weighted by molar-refractivity contribution is 5.69. The molecule has 1 fully saturated rings. The van der Waals surface area contributed by atoms with Crippen LogP contribution in [0.25, 0.3) is 11.1 Å². The van der Waals surface area contributed by atoms with Crippen molar-refractivity contribution in [1.29, 1.82) is 0 Å². The molecule has 3 heterocycles. The molecule has 4 nitrogen and oxygen atoms in total. The Hall–Kier alpha value is -1.95. The van der Waals surface area contributed by atoms with Gasteiger partial charge in [-0.25, -0.2) is 4.68 Å². The highest BCUT2D eigenvalue weighted by Gasteiger charge is 2.24. The van der Waals surface area contributed by atoms with Crippen molar-refractivity contribution in [2.24, 2.45) is 0 Å². The van der Waals surface area contributed by atoms with Gasteiger partial charge in [0.2, 0.25) is 0 Å². The van der Waals surface area contributed by atoms with Gasteiger partial charge in [-0.1, -0.05) is 6.07 Å². The minimum absolute atomic E-state index is 0.0134. The lowest BCUT2D eigenvalue weighted by Crippen LogP contribution is -2.33. The van der Waals surface area contributed by atoms with Gasteiger partial charge in [-0.3, -0.25) is 0 Å². The number of alkyl halides is 2. The number of halogens is 2. The number of benzene rings is 1. The minimum Gasteiger partial charge on any atom is -0.357 e. The zero-order valence-electron chi connectivity index (χ0n) is 13.5. The predicted octanol–water partition coefficient (Wildman–Crippen LogP) is 4.22. The summed E-state index contributed by atoms with van der Waals surface area (Å²) in [5.41, 5.74) is 3.66. The standard InChI is InChI=1S/C18H21F2N3O/c19-18(20)22-8-3-4-14-10-13(6-7-16(14)22)15-11-21-23(12-15)17-5-1-2-9-24-17/h6-7,10-12,17-18H,1-5,8-9H2. The van der Waals surface area contributed by atoms with E-state index < -0.39 is 6.55 Å². The third kappa shape index (κ3) is 2.90. The average molecular weight is 333 g/mol. The first-order chi connectivity index (χ1) is 11.7. The molecule has 128 valence electrons. The summed E-state index contributed by atoms with van der Waals surface area (Å²) in [5.74, 6) is 0. The summed E-state index contributed by atoms with van der Waals surface area (Å²) >= 11 is 0. The van der Waals surface area contributed by atoms with Crippen molar-refractivity contribution in [1.82, 2.24) is 9.78 Å². The maximum atomic E-state index is 13.1. The molecule has 0 N–H and O–H groups in total. The number of nitrogens with zero attached hydrogens (tertiary/aromatic N) is 3. The molecule has 1 saturated heterocycles. The normalized spacial score (nSPS) is 21.1. The number of aryl methyl sites for hydroxylation is 1. The maximum absolute atomic E-state index is 13.1. The van der Waals surface area contributed by atoms with E-state index in [4.69, 9.17) is 4.74 Å².